The molecule has 7 heteroatoms. The van der Waals surface area contributed by atoms with Crippen molar-refractivity contribution in [1.29, 1.82) is 5.26 Å². The summed E-state index contributed by atoms with van der Waals surface area (Å²) in [6.45, 7) is 0.379. The number of allylic oxidation sites excluding steroid dienone is 1. The standard InChI is InChI=1S/C22H15BrFN3O2/c23-19-20-13(11-26-27(20)16-3-1-15(24)2-4-16)9-18-21(19)29-8-6-14-10-17(28)5-7-22(14,18)12-25/h1-4,9-11H,5-8H2/t22-/m0/s1. The van der Waals surface area contributed by atoms with E-state index in [2.05, 4.69) is 27.1 Å². The lowest BCUT2D eigenvalue weighted by Crippen LogP contribution is -2.31. The third-order valence-electron chi connectivity index (χ3n) is 5.72. The molecule has 0 N–H and O–H groups in total. The smallest absolute Gasteiger partial charge is 0.155 e. The summed E-state index contributed by atoms with van der Waals surface area (Å²) >= 11 is 3.67. The maximum atomic E-state index is 13.3. The number of rotatable bonds is 1. The second kappa shape index (κ2) is 6.53. The van der Waals surface area contributed by atoms with Gasteiger partial charge in [-0.1, -0.05) is 0 Å². The molecule has 0 radical (unpaired) electrons. The highest BCUT2D eigenvalue weighted by Gasteiger charge is 2.44. The van der Waals surface area contributed by atoms with Crippen molar-refractivity contribution in [3.8, 4) is 17.5 Å². The topological polar surface area (TPSA) is 67.9 Å². The summed E-state index contributed by atoms with van der Waals surface area (Å²) in [6.07, 6.45) is 4.64. The van der Waals surface area contributed by atoms with Gasteiger partial charge < -0.3 is 4.74 Å². The van der Waals surface area contributed by atoms with Gasteiger partial charge in [0.05, 0.1) is 34.5 Å². The number of halogens is 2. The number of nitriles is 1. The zero-order chi connectivity index (χ0) is 20.2. The largest absolute Gasteiger partial charge is 0.492 e. The first-order chi connectivity index (χ1) is 14.0. The molecule has 5 nitrogen and oxygen atoms in total. The Morgan fingerprint density at radius 3 is 2.83 bits per heavy atom. The highest BCUT2D eigenvalue weighted by molar-refractivity contribution is 9.10. The Morgan fingerprint density at radius 1 is 1.28 bits per heavy atom. The van der Waals surface area contributed by atoms with Crippen molar-refractivity contribution in [3.63, 3.8) is 0 Å². The van der Waals surface area contributed by atoms with Crippen LogP contribution in [0.3, 0.4) is 0 Å². The number of fused-ring (bicyclic) bond motifs is 4. The molecule has 2 aromatic carbocycles. The molecule has 3 aromatic rings. The van der Waals surface area contributed by atoms with Crippen molar-refractivity contribution < 1.29 is 13.9 Å². The normalized spacial score (nSPS) is 20.9. The number of ether oxygens (including phenoxy) is 1. The minimum absolute atomic E-state index is 0.0543. The molecule has 0 fully saturated rings. The SMILES string of the molecule is N#C[C@@]12CCC(=O)C=C1CCOc1c2cc2cnn(-c3ccc(F)cc3)c2c1Br. The molecule has 1 aromatic heterocycles. The van der Waals surface area contributed by atoms with E-state index < -0.39 is 5.41 Å². The Morgan fingerprint density at radius 2 is 2.07 bits per heavy atom. The van der Waals surface area contributed by atoms with Gasteiger partial charge in [-0.05, 0) is 64.3 Å². The average molecular weight is 452 g/mol. The minimum Gasteiger partial charge on any atom is -0.492 e. The van der Waals surface area contributed by atoms with Crippen LogP contribution in [0.15, 0.2) is 52.7 Å². The number of ketones is 1. The number of aromatic nitrogens is 2. The zero-order valence-electron chi connectivity index (χ0n) is 15.3. The minimum atomic E-state index is -0.881. The molecule has 0 bridgehead atoms. The lowest BCUT2D eigenvalue weighted by molar-refractivity contribution is -0.115. The average Bonchev–Trinajstić information content (AvgIpc) is 3.08. The molecule has 2 heterocycles. The van der Waals surface area contributed by atoms with Crippen molar-refractivity contribution in [2.75, 3.05) is 6.61 Å². The summed E-state index contributed by atoms with van der Waals surface area (Å²) in [5.41, 5.74) is 2.19. The number of nitrogens with zero attached hydrogens (tertiary/aromatic N) is 3. The molecule has 2 aliphatic rings. The number of benzene rings is 2. The third kappa shape index (κ3) is 2.63. The van der Waals surface area contributed by atoms with Crippen LogP contribution in [-0.2, 0) is 10.2 Å². The molecule has 1 atom stereocenters. The molecule has 5 rings (SSSR count). The van der Waals surface area contributed by atoms with Gasteiger partial charge in [0.25, 0.3) is 0 Å². The Balaban J connectivity index is 1.78. The number of hydrogen-bond acceptors (Lipinski definition) is 4. The summed E-state index contributed by atoms with van der Waals surface area (Å²) < 4.78 is 21.8. The first-order valence-corrected chi connectivity index (χ1v) is 10.1. The Hall–Kier alpha value is -2.98. The van der Waals surface area contributed by atoms with Crippen LogP contribution in [0.4, 0.5) is 4.39 Å². The molecule has 144 valence electrons. The Labute approximate surface area is 174 Å². The molecule has 1 aliphatic heterocycles. The van der Waals surface area contributed by atoms with Crippen LogP contribution < -0.4 is 4.74 Å². The van der Waals surface area contributed by atoms with E-state index in [1.54, 1.807) is 29.1 Å². The molecule has 0 spiro atoms. The molecule has 29 heavy (non-hydrogen) atoms. The summed E-state index contributed by atoms with van der Waals surface area (Å²) in [7, 11) is 0. The van der Waals surface area contributed by atoms with Crippen LogP contribution in [-0.4, -0.2) is 22.2 Å². The highest BCUT2D eigenvalue weighted by atomic mass is 79.9. The van der Waals surface area contributed by atoms with E-state index in [-0.39, 0.29) is 11.6 Å². The van der Waals surface area contributed by atoms with Gasteiger partial charge in [-0.2, -0.15) is 10.4 Å². The van der Waals surface area contributed by atoms with Crippen molar-refractivity contribution in [3.05, 3.63) is 64.0 Å². The quantitative estimate of drug-likeness (QED) is 0.534. The van der Waals surface area contributed by atoms with Crippen LogP contribution in [0.1, 0.15) is 24.8 Å². The molecule has 1 aliphatic carbocycles. The second-order valence-corrected chi connectivity index (χ2v) is 8.08. The second-order valence-electron chi connectivity index (χ2n) is 7.29. The van der Waals surface area contributed by atoms with E-state index >= 15 is 0 Å². The van der Waals surface area contributed by atoms with Gasteiger partial charge in [0, 0.05) is 23.8 Å². The van der Waals surface area contributed by atoms with Gasteiger partial charge in [-0.3, -0.25) is 4.79 Å². The first kappa shape index (κ1) is 18.1. The van der Waals surface area contributed by atoms with Gasteiger partial charge in [-0.25, -0.2) is 9.07 Å². The van der Waals surface area contributed by atoms with Crippen LogP contribution in [0.25, 0.3) is 16.6 Å². The summed E-state index contributed by atoms with van der Waals surface area (Å²) in [4.78, 5) is 12.0. The summed E-state index contributed by atoms with van der Waals surface area (Å²) in [5, 5.41) is 15.5. The summed E-state index contributed by atoms with van der Waals surface area (Å²) in [5.74, 6) is 0.336. The fraction of sp³-hybridized carbons (Fsp3) is 0.227. The third-order valence-corrected chi connectivity index (χ3v) is 6.45. The lowest BCUT2D eigenvalue weighted by Gasteiger charge is -2.31. The van der Waals surface area contributed by atoms with E-state index in [1.807, 2.05) is 6.07 Å². The lowest BCUT2D eigenvalue weighted by atomic mass is 9.67. The molecular weight excluding hydrogens is 437 g/mol. The fourth-order valence-corrected chi connectivity index (χ4v) is 5.00. The Kier molecular flexibility index (Phi) is 4.07. The monoisotopic (exact) mass is 451 g/mol. The first-order valence-electron chi connectivity index (χ1n) is 9.28. The number of carbonyl (C=O) groups is 1. The predicted octanol–water partition coefficient (Wildman–Crippen LogP) is 4.76. The maximum absolute atomic E-state index is 13.3. The van der Waals surface area contributed by atoms with Crippen LogP contribution in [0.2, 0.25) is 0 Å². The maximum Gasteiger partial charge on any atom is 0.155 e. The van der Waals surface area contributed by atoms with Gasteiger partial charge in [-0.15, -0.1) is 0 Å². The van der Waals surface area contributed by atoms with Crippen LogP contribution >= 0.6 is 15.9 Å². The number of hydrogen-bond donors (Lipinski definition) is 0. The number of carbonyl (C=O) groups excluding carboxylic acids is 1. The van der Waals surface area contributed by atoms with Crippen molar-refractivity contribution in [2.45, 2.75) is 24.7 Å². The Bertz CT molecular complexity index is 1240. The van der Waals surface area contributed by atoms with Crippen molar-refractivity contribution in [2.24, 2.45) is 0 Å². The van der Waals surface area contributed by atoms with Crippen molar-refractivity contribution >= 4 is 32.6 Å². The molecule has 0 amide bonds. The zero-order valence-corrected chi connectivity index (χ0v) is 16.9. The van der Waals surface area contributed by atoms with E-state index in [0.717, 1.165) is 27.7 Å². The van der Waals surface area contributed by atoms with E-state index in [0.29, 0.717) is 36.1 Å². The van der Waals surface area contributed by atoms with E-state index in [4.69, 9.17) is 4.74 Å². The van der Waals surface area contributed by atoms with Crippen LogP contribution in [0.5, 0.6) is 5.75 Å². The predicted molar refractivity (Wildman–Crippen MR) is 108 cm³/mol. The van der Waals surface area contributed by atoms with Gasteiger partial charge in [0.15, 0.2) is 5.78 Å². The molecule has 0 saturated carbocycles. The van der Waals surface area contributed by atoms with Gasteiger partial charge in [0.1, 0.15) is 17.0 Å². The van der Waals surface area contributed by atoms with Crippen LogP contribution in [0, 0.1) is 17.1 Å². The van der Waals surface area contributed by atoms with E-state index in [9.17, 15) is 14.4 Å². The van der Waals surface area contributed by atoms with Crippen molar-refractivity contribution in [1.82, 2.24) is 9.78 Å². The highest BCUT2D eigenvalue weighted by Crippen LogP contribution is 2.50. The van der Waals surface area contributed by atoms with E-state index in [1.165, 1.54) is 12.1 Å². The molecular formula is C22H15BrFN3O2. The molecule has 0 saturated heterocycles. The van der Waals surface area contributed by atoms with Gasteiger partial charge >= 0.3 is 0 Å². The molecule has 0 unspecified atom stereocenters. The summed E-state index contributed by atoms with van der Waals surface area (Å²) in [6, 6.07) is 10.5. The van der Waals surface area contributed by atoms with Gasteiger partial charge in [0.2, 0.25) is 0 Å². The fourth-order valence-electron chi connectivity index (χ4n) is 4.27.